The van der Waals surface area contributed by atoms with E-state index in [1.165, 1.54) is 6.92 Å². The van der Waals surface area contributed by atoms with Gasteiger partial charge in [-0.05, 0) is 35.7 Å². The first-order valence-electron chi connectivity index (χ1n) is 8.12. The molecule has 0 aliphatic heterocycles. The Bertz CT molecular complexity index is 1030. The Balaban J connectivity index is 2.04. The van der Waals surface area contributed by atoms with Gasteiger partial charge in [0.25, 0.3) is 5.91 Å². The van der Waals surface area contributed by atoms with Crippen LogP contribution in [0.1, 0.15) is 17.4 Å². The third-order valence-corrected chi connectivity index (χ3v) is 3.76. The molecule has 1 amide bonds. The highest BCUT2D eigenvalue weighted by atomic mass is 16.5. The Hall–Kier alpha value is -3.74. The van der Waals surface area contributed by atoms with Gasteiger partial charge in [-0.1, -0.05) is 24.3 Å². The average Bonchev–Trinajstić information content (AvgIpc) is 2.65. The summed E-state index contributed by atoms with van der Waals surface area (Å²) in [5.74, 6) is -1.71. The standard InChI is InChI=1S/C20H16N2O5/c1-12(23)27-15-8-6-13(7-9-15)19-16-5-3-2-4-14(16)10-17(22-19)20(26)21-11-18(24)25/h2-10H,11H2,1H3,(H,21,26)(H,24,25). The number of ether oxygens (including phenoxy) is 1. The minimum atomic E-state index is -1.13. The van der Waals surface area contributed by atoms with Crippen LogP contribution in [0.2, 0.25) is 0 Å². The molecule has 0 atom stereocenters. The molecular formula is C20H16N2O5. The van der Waals surface area contributed by atoms with Crippen molar-refractivity contribution in [1.82, 2.24) is 10.3 Å². The third-order valence-electron chi connectivity index (χ3n) is 3.76. The van der Waals surface area contributed by atoms with Gasteiger partial charge in [0.1, 0.15) is 18.0 Å². The summed E-state index contributed by atoms with van der Waals surface area (Å²) in [5.41, 5.74) is 1.42. The molecule has 0 aliphatic carbocycles. The monoisotopic (exact) mass is 364 g/mol. The molecule has 3 aromatic rings. The van der Waals surface area contributed by atoms with Gasteiger partial charge in [0.2, 0.25) is 0 Å². The number of rotatable bonds is 5. The Kier molecular flexibility index (Phi) is 5.12. The quantitative estimate of drug-likeness (QED) is 0.533. The van der Waals surface area contributed by atoms with E-state index in [2.05, 4.69) is 10.3 Å². The van der Waals surface area contributed by atoms with Crippen molar-refractivity contribution in [3.05, 3.63) is 60.3 Å². The van der Waals surface area contributed by atoms with Gasteiger partial charge in [-0.25, -0.2) is 4.98 Å². The molecule has 136 valence electrons. The van der Waals surface area contributed by atoms with Crippen LogP contribution in [0.25, 0.3) is 22.0 Å². The van der Waals surface area contributed by atoms with Gasteiger partial charge in [-0.3, -0.25) is 14.4 Å². The summed E-state index contributed by atoms with van der Waals surface area (Å²) in [4.78, 5) is 38.4. The van der Waals surface area contributed by atoms with Crippen LogP contribution in [0.4, 0.5) is 0 Å². The van der Waals surface area contributed by atoms with E-state index in [0.717, 1.165) is 16.3 Å². The summed E-state index contributed by atoms with van der Waals surface area (Å²) in [5, 5.41) is 12.7. The van der Waals surface area contributed by atoms with E-state index >= 15 is 0 Å². The lowest BCUT2D eigenvalue weighted by atomic mass is 10.0. The summed E-state index contributed by atoms with van der Waals surface area (Å²) in [6.07, 6.45) is 0. The van der Waals surface area contributed by atoms with Gasteiger partial charge in [-0.15, -0.1) is 0 Å². The molecule has 0 radical (unpaired) electrons. The molecule has 2 N–H and O–H groups in total. The molecule has 0 saturated carbocycles. The van der Waals surface area contributed by atoms with E-state index < -0.39 is 24.4 Å². The number of carboxylic acids is 1. The average molecular weight is 364 g/mol. The number of nitrogens with one attached hydrogen (secondary N) is 1. The lowest BCUT2D eigenvalue weighted by Crippen LogP contribution is -2.29. The van der Waals surface area contributed by atoms with Crippen molar-refractivity contribution in [3.63, 3.8) is 0 Å². The molecule has 0 spiro atoms. The second kappa shape index (κ2) is 7.65. The number of hydrogen-bond donors (Lipinski definition) is 2. The van der Waals surface area contributed by atoms with Crippen LogP contribution in [-0.4, -0.2) is 34.5 Å². The number of benzene rings is 2. The first-order chi connectivity index (χ1) is 12.9. The van der Waals surface area contributed by atoms with Crippen molar-refractivity contribution in [2.75, 3.05) is 6.54 Å². The number of esters is 1. The van der Waals surface area contributed by atoms with Crippen LogP contribution in [0.15, 0.2) is 54.6 Å². The number of aromatic nitrogens is 1. The molecular weight excluding hydrogens is 348 g/mol. The Morgan fingerprint density at radius 1 is 1.07 bits per heavy atom. The number of aliphatic carboxylic acids is 1. The van der Waals surface area contributed by atoms with Crippen LogP contribution >= 0.6 is 0 Å². The van der Waals surface area contributed by atoms with Gasteiger partial charge in [-0.2, -0.15) is 0 Å². The van der Waals surface area contributed by atoms with E-state index in [1.807, 2.05) is 24.3 Å². The molecule has 3 rings (SSSR count). The molecule has 0 fully saturated rings. The largest absolute Gasteiger partial charge is 0.480 e. The molecule has 27 heavy (non-hydrogen) atoms. The highest BCUT2D eigenvalue weighted by molar-refractivity contribution is 6.02. The number of amides is 1. The predicted molar refractivity (Wildman–Crippen MR) is 98.5 cm³/mol. The number of carbonyl (C=O) groups is 3. The maximum absolute atomic E-state index is 12.3. The van der Waals surface area contributed by atoms with Crippen LogP contribution in [0, 0.1) is 0 Å². The molecule has 1 heterocycles. The number of nitrogens with zero attached hydrogens (tertiary/aromatic N) is 1. The summed E-state index contributed by atoms with van der Waals surface area (Å²) >= 11 is 0. The van der Waals surface area contributed by atoms with E-state index in [-0.39, 0.29) is 5.69 Å². The molecule has 0 aliphatic rings. The summed E-state index contributed by atoms with van der Waals surface area (Å²) in [6.45, 7) is 0.835. The summed E-state index contributed by atoms with van der Waals surface area (Å²) < 4.78 is 5.03. The number of carboxylic acid groups (broad SMARTS) is 1. The molecule has 7 nitrogen and oxygen atoms in total. The number of carbonyl (C=O) groups excluding carboxylic acids is 2. The van der Waals surface area contributed by atoms with Crippen molar-refractivity contribution in [3.8, 4) is 17.0 Å². The maximum atomic E-state index is 12.3. The minimum absolute atomic E-state index is 0.119. The Morgan fingerprint density at radius 2 is 1.78 bits per heavy atom. The van der Waals surface area contributed by atoms with E-state index in [1.54, 1.807) is 30.3 Å². The van der Waals surface area contributed by atoms with E-state index in [0.29, 0.717) is 11.4 Å². The minimum Gasteiger partial charge on any atom is -0.480 e. The van der Waals surface area contributed by atoms with Crippen molar-refractivity contribution >= 4 is 28.6 Å². The number of pyridine rings is 1. The van der Waals surface area contributed by atoms with Crippen LogP contribution in [-0.2, 0) is 9.59 Å². The number of fused-ring (bicyclic) bond motifs is 1. The normalized spacial score (nSPS) is 10.4. The van der Waals surface area contributed by atoms with Crippen LogP contribution in [0.3, 0.4) is 0 Å². The van der Waals surface area contributed by atoms with Crippen LogP contribution in [0.5, 0.6) is 5.75 Å². The van der Waals surface area contributed by atoms with Gasteiger partial charge in [0, 0.05) is 17.9 Å². The summed E-state index contributed by atoms with van der Waals surface area (Å²) in [6, 6.07) is 15.8. The summed E-state index contributed by atoms with van der Waals surface area (Å²) in [7, 11) is 0. The zero-order valence-corrected chi connectivity index (χ0v) is 14.4. The molecule has 0 saturated heterocycles. The fourth-order valence-electron chi connectivity index (χ4n) is 2.63. The van der Waals surface area contributed by atoms with Crippen molar-refractivity contribution in [2.24, 2.45) is 0 Å². The Labute approximate surface area is 154 Å². The van der Waals surface area contributed by atoms with Gasteiger partial charge < -0.3 is 15.2 Å². The van der Waals surface area contributed by atoms with E-state index in [4.69, 9.17) is 9.84 Å². The Morgan fingerprint density at radius 3 is 2.44 bits per heavy atom. The second-order valence-electron chi connectivity index (χ2n) is 5.77. The van der Waals surface area contributed by atoms with Gasteiger partial charge >= 0.3 is 11.9 Å². The predicted octanol–water partition coefficient (Wildman–Crippen LogP) is 2.64. The molecule has 2 aromatic carbocycles. The highest BCUT2D eigenvalue weighted by Gasteiger charge is 2.14. The fourth-order valence-corrected chi connectivity index (χ4v) is 2.63. The third kappa shape index (κ3) is 4.27. The molecule has 7 heteroatoms. The first-order valence-corrected chi connectivity index (χ1v) is 8.12. The van der Waals surface area contributed by atoms with Gasteiger partial charge in [0.05, 0.1) is 5.69 Å². The lowest BCUT2D eigenvalue weighted by Gasteiger charge is -2.10. The van der Waals surface area contributed by atoms with Gasteiger partial charge in [0.15, 0.2) is 0 Å². The maximum Gasteiger partial charge on any atom is 0.322 e. The van der Waals surface area contributed by atoms with Crippen molar-refractivity contribution in [2.45, 2.75) is 6.92 Å². The highest BCUT2D eigenvalue weighted by Crippen LogP contribution is 2.29. The van der Waals surface area contributed by atoms with Crippen molar-refractivity contribution in [1.29, 1.82) is 0 Å². The fraction of sp³-hybridized carbons (Fsp3) is 0.100. The smallest absolute Gasteiger partial charge is 0.322 e. The topological polar surface area (TPSA) is 106 Å². The first kappa shape index (κ1) is 18.1. The zero-order chi connectivity index (χ0) is 19.4. The molecule has 1 aromatic heterocycles. The van der Waals surface area contributed by atoms with E-state index in [9.17, 15) is 14.4 Å². The molecule has 0 unspecified atom stereocenters. The molecule has 0 bridgehead atoms. The second-order valence-corrected chi connectivity index (χ2v) is 5.77. The van der Waals surface area contributed by atoms with Crippen LogP contribution < -0.4 is 10.1 Å². The van der Waals surface area contributed by atoms with Crippen molar-refractivity contribution < 1.29 is 24.2 Å². The number of hydrogen-bond acceptors (Lipinski definition) is 5. The lowest BCUT2D eigenvalue weighted by molar-refractivity contribution is -0.136. The SMILES string of the molecule is CC(=O)Oc1ccc(-c2nc(C(=O)NCC(=O)O)cc3ccccc23)cc1. The zero-order valence-electron chi connectivity index (χ0n) is 14.4.